The van der Waals surface area contributed by atoms with E-state index in [1.807, 2.05) is 6.92 Å². The van der Waals surface area contributed by atoms with Crippen LogP contribution in [0, 0.1) is 19.7 Å². The van der Waals surface area contributed by atoms with Crippen molar-refractivity contribution >= 4 is 11.6 Å². The van der Waals surface area contributed by atoms with Crippen LogP contribution < -0.4 is 11.1 Å². The van der Waals surface area contributed by atoms with E-state index in [0.29, 0.717) is 23.4 Å². The number of nitrogen functional groups attached to an aromatic ring is 1. The van der Waals surface area contributed by atoms with Crippen molar-refractivity contribution in [2.24, 2.45) is 0 Å². The highest BCUT2D eigenvalue weighted by Gasteiger charge is 2.07. The van der Waals surface area contributed by atoms with Gasteiger partial charge in [0.25, 0.3) is 5.91 Å². The summed E-state index contributed by atoms with van der Waals surface area (Å²) in [6.45, 7) is 3.84. The second-order valence-electron chi connectivity index (χ2n) is 4.84. The number of benzene rings is 2. The van der Waals surface area contributed by atoms with E-state index in [9.17, 15) is 9.18 Å². The Morgan fingerprint density at radius 2 is 1.90 bits per heavy atom. The Bertz CT molecular complexity index is 653. The Morgan fingerprint density at radius 3 is 2.55 bits per heavy atom. The molecule has 0 saturated carbocycles. The van der Waals surface area contributed by atoms with Crippen LogP contribution in [-0.4, -0.2) is 5.91 Å². The molecule has 0 aliphatic rings. The molecular weight excluding hydrogens is 255 g/mol. The number of halogens is 1. The average Bonchev–Trinajstić information content (AvgIpc) is 2.43. The number of rotatable bonds is 3. The van der Waals surface area contributed by atoms with E-state index in [0.717, 1.165) is 11.1 Å². The number of hydrogen-bond acceptors (Lipinski definition) is 2. The Morgan fingerprint density at radius 1 is 1.15 bits per heavy atom. The highest BCUT2D eigenvalue weighted by atomic mass is 19.1. The molecule has 2 aromatic carbocycles. The van der Waals surface area contributed by atoms with E-state index < -0.39 is 0 Å². The first-order chi connectivity index (χ1) is 9.47. The summed E-state index contributed by atoms with van der Waals surface area (Å²) in [5.74, 6) is -0.464. The van der Waals surface area contributed by atoms with Gasteiger partial charge in [-0.25, -0.2) is 4.39 Å². The smallest absolute Gasteiger partial charge is 0.251 e. The molecule has 3 N–H and O–H groups in total. The van der Waals surface area contributed by atoms with Gasteiger partial charge in [-0.2, -0.15) is 0 Å². The number of nitrogens with two attached hydrogens (primary N) is 1. The van der Waals surface area contributed by atoms with Crippen LogP contribution in [0.2, 0.25) is 0 Å². The van der Waals surface area contributed by atoms with Crippen molar-refractivity contribution in [1.29, 1.82) is 0 Å². The first-order valence-corrected chi connectivity index (χ1v) is 6.36. The molecule has 20 heavy (non-hydrogen) atoms. The molecule has 3 nitrogen and oxygen atoms in total. The lowest BCUT2D eigenvalue weighted by molar-refractivity contribution is 0.0951. The summed E-state index contributed by atoms with van der Waals surface area (Å²) in [6, 6.07) is 10.0. The Kier molecular flexibility index (Phi) is 4.03. The van der Waals surface area contributed by atoms with Crippen LogP contribution in [0.3, 0.4) is 0 Å². The normalized spacial score (nSPS) is 10.3. The maximum absolute atomic E-state index is 13.4. The van der Waals surface area contributed by atoms with Crippen molar-refractivity contribution in [2.75, 3.05) is 5.73 Å². The summed E-state index contributed by atoms with van der Waals surface area (Å²) in [6.07, 6.45) is 0. The van der Waals surface area contributed by atoms with Gasteiger partial charge in [-0.15, -0.1) is 0 Å². The number of aryl methyl sites for hydroxylation is 2. The summed E-state index contributed by atoms with van der Waals surface area (Å²) < 4.78 is 13.4. The van der Waals surface area contributed by atoms with E-state index in [1.54, 1.807) is 37.3 Å². The van der Waals surface area contributed by atoms with Crippen molar-refractivity contribution in [2.45, 2.75) is 20.4 Å². The predicted molar refractivity (Wildman–Crippen MR) is 77.9 cm³/mol. The Labute approximate surface area is 117 Å². The molecule has 4 heteroatoms. The van der Waals surface area contributed by atoms with E-state index in [4.69, 9.17) is 5.73 Å². The van der Waals surface area contributed by atoms with Crippen molar-refractivity contribution in [3.63, 3.8) is 0 Å². The number of carbonyl (C=O) groups excluding carboxylic acids is 1. The zero-order chi connectivity index (χ0) is 14.7. The minimum Gasteiger partial charge on any atom is -0.399 e. The summed E-state index contributed by atoms with van der Waals surface area (Å²) in [5, 5.41) is 2.76. The first-order valence-electron chi connectivity index (χ1n) is 6.36. The molecule has 2 aromatic rings. The third-order valence-electron chi connectivity index (χ3n) is 3.22. The van der Waals surface area contributed by atoms with Crippen molar-refractivity contribution < 1.29 is 9.18 Å². The molecule has 0 fully saturated rings. The summed E-state index contributed by atoms with van der Waals surface area (Å²) in [5.41, 5.74) is 9.09. The number of hydrogen-bond donors (Lipinski definition) is 2. The lowest BCUT2D eigenvalue weighted by Gasteiger charge is -2.08. The van der Waals surface area contributed by atoms with Crippen LogP contribution in [0.15, 0.2) is 36.4 Å². The molecule has 0 radical (unpaired) electrons. The Hall–Kier alpha value is -2.36. The second kappa shape index (κ2) is 5.74. The number of amides is 1. The molecule has 1 amide bonds. The van der Waals surface area contributed by atoms with Gasteiger partial charge < -0.3 is 11.1 Å². The third-order valence-corrected chi connectivity index (χ3v) is 3.22. The standard InChI is InChI=1S/C16H17FN2O/c1-10-3-4-12(8-14(10)17)9-19-16(20)13-5-6-15(18)11(2)7-13/h3-8H,9,18H2,1-2H3,(H,19,20). The van der Waals surface area contributed by atoms with E-state index in [-0.39, 0.29) is 11.7 Å². The van der Waals surface area contributed by atoms with Gasteiger partial charge in [-0.05, 0) is 54.8 Å². The number of nitrogens with one attached hydrogen (secondary N) is 1. The van der Waals surface area contributed by atoms with Gasteiger partial charge in [0, 0.05) is 17.8 Å². The fraction of sp³-hybridized carbons (Fsp3) is 0.188. The van der Waals surface area contributed by atoms with Crippen molar-refractivity contribution in [3.05, 3.63) is 64.5 Å². The maximum atomic E-state index is 13.4. The molecule has 0 spiro atoms. The molecule has 0 aliphatic carbocycles. The molecule has 0 aliphatic heterocycles. The fourth-order valence-corrected chi connectivity index (χ4v) is 1.85. The minimum absolute atomic E-state index is 0.200. The van der Waals surface area contributed by atoms with E-state index >= 15 is 0 Å². The van der Waals surface area contributed by atoms with Gasteiger partial charge in [-0.1, -0.05) is 12.1 Å². The van der Waals surface area contributed by atoms with Crippen LogP contribution in [0.1, 0.15) is 27.0 Å². The zero-order valence-electron chi connectivity index (χ0n) is 11.5. The SMILES string of the molecule is Cc1cc(C(=O)NCc2ccc(C)c(F)c2)ccc1N. The van der Waals surface area contributed by atoms with Crippen molar-refractivity contribution in [3.8, 4) is 0 Å². The molecular formula is C16H17FN2O. The minimum atomic E-state index is -0.264. The summed E-state index contributed by atoms with van der Waals surface area (Å²) in [4.78, 5) is 12.0. The summed E-state index contributed by atoms with van der Waals surface area (Å²) >= 11 is 0. The number of anilines is 1. The topological polar surface area (TPSA) is 55.1 Å². The Balaban J connectivity index is 2.04. The van der Waals surface area contributed by atoms with Gasteiger partial charge in [0.1, 0.15) is 5.82 Å². The van der Waals surface area contributed by atoms with Crippen LogP contribution in [0.5, 0.6) is 0 Å². The lowest BCUT2D eigenvalue weighted by Crippen LogP contribution is -2.23. The van der Waals surface area contributed by atoms with E-state index in [1.165, 1.54) is 6.07 Å². The van der Waals surface area contributed by atoms with Crippen LogP contribution in [-0.2, 0) is 6.54 Å². The predicted octanol–water partition coefficient (Wildman–Crippen LogP) is 2.95. The first kappa shape index (κ1) is 14.1. The molecule has 0 bridgehead atoms. The largest absolute Gasteiger partial charge is 0.399 e. The highest BCUT2D eigenvalue weighted by Crippen LogP contribution is 2.13. The second-order valence-corrected chi connectivity index (χ2v) is 4.84. The molecule has 0 heterocycles. The van der Waals surface area contributed by atoms with Gasteiger partial charge in [0.2, 0.25) is 0 Å². The zero-order valence-corrected chi connectivity index (χ0v) is 11.5. The monoisotopic (exact) mass is 272 g/mol. The van der Waals surface area contributed by atoms with Gasteiger partial charge >= 0.3 is 0 Å². The van der Waals surface area contributed by atoms with Gasteiger partial charge in [-0.3, -0.25) is 4.79 Å². The molecule has 0 atom stereocenters. The van der Waals surface area contributed by atoms with Crippen molar-refractivity contribution in [1.82, 2.24) is 5.32 Å². The quantitative estimate of drug-likeness (QED) is 0.844. The average molecular weight is 272 g/mol. The van der Waals surface area contributed by atoms with Crippen LogP contribution >= 0.6 is 0 Å². The van der Waals surface area contributed by atoms with Crippen LogP contribution in [0.4, 0.5) is 10.1 Å². The lowest BCUT2D eigenvalue weighted by atomic mass is 10.1. The van der Waals surface area contributed by atoms with Gasteiger partial charge in [0.05, 0.1) is 0 Å². The summed E-state index contributed by atoms with van der Waals surface area (Å²) in [7, 11) is 0. The van der Waals surface area contributed by atoms with Gasteiger partial charge in [0.15, 0.2) is 0 Å². The molecule has 0 aromatic heterocycles. The fourth-order valence-electron chi connectivity index (χ4n) is 1.85. The maximum Gasteiger partial charge on any atom is 0.251 e. The molecule has 0 saturated heterocycles. The van der Waals surface area contributed by atoms with Crippen LogP contribution in [0.25, 0.3) is 0 Å². The molecule has 0 unspecified atom stereocenters. The third kappa shape index (κ3) is 3.15. The highest BCUT2D eigenvalue weighted by molar-refractivity contribution is 5.94. The molecule has 2 rings (SSSR count). The van der Waals surface area contributed by atoms with E-state index in [2.05, 4.69) is 5.32 Å². The molecule has 104 valence electrons. The number of carbonyl (C=O) groups is 1.